The average molecular weight is 214 g/mol. The topological polar surface area (TPSA) is 6.48 Å². The van der Waals surface area contributed by atoms with Crippen LogP contribution in [0.3, 0.4) is 0 Å². The molecule has 1 saturated heterocycles. The van der Waals surface area contributed by atoms with Gasteiger partial charge in [0, 0.05) is 24.9 Å². The summed E-state index contributed by atoms with van der Waals surface area (Å²) in [6, 6.07) is 0.724. The van der Waals surface area contributed by atoms with Crippen LogP contribution < -0.4 is 0 Å². The van der Waals surface area contributed by atoms with Crippen molar-refractivity contribution in [3.8, 4) is 0 Å². The van der Waals surface area contributed by atoms with E-state index < -0.39 is 0 Å². The molecular formula is C11H22N2S. The fraction of sp³-hybridized carbons (Fsp3) is 0.818. The predicted molar refractivity (Wildman–Crippen MR) is 66.1 cm³/mol. The molecule has 3 heteroatoms. The highest BCUT2D eigenvalue weighted by Gasteiger charge is 2.24. The van der Waals surface area contributed by atoms with E-state index >= 15 is 0 Å². The van der Waals surface area contributed by atoms with Crippen molar-refractivity contribution in [1.82, 2.24) is 9.80 Å². The number of likely N-dealkylation sites (tertiary alicyclic amines) is 1. The van der Waals surface area contributed by atoms with Crippen LogP contribution >= 0.6 is 12.6 Å². The van der Waals surface area contributed by atoms with Gasteiger partial charge in [0.05, 0.1) is 0 Å². The lowest BCUT2D eigenvalue weighted by atomic mass is 10.2. The summed E-state index contributed by atoms with van der Waals surface area (Å²) in [5.74, 6) is 0.811. The van der Waals surface area contributed by atoms with Crippen molar-refractivity contribution in [3.63, 3.8) is 0 Å². The Kier molecular flexibility index (Phi) is 4.99. The zero-order valence-corrected chi connectivity index (χ0v) is 10.3. The van der Waals surface area contributed by atoms with E-state index in [1.165, 1.54) is 31.5 Å². The van der Waals surface area contributed by atoms with Gasteiger partial charge in [0.1, 0.15) is 0 Å². The van der Waals surface area contributed by atoms with Crippen LogP contribution in [-0.4, -0.2) is 55.3 Å². The van der Waals surface area contributed by atoms with E-state index in [0.29, 0.717) is 0 Å². The van der Waals surface area contributed by atoms with Crippen LogP contribution in [0, 0.1) is 0 Å². The van der Waals surface area contributed by atoms with Gasteiger partial charge in [-0.05, 0) is 33.5 Å². The third-order valence-corrected chi connectivity index (χ3v) is 3.17. The zero-order chi connectivity index (χ0) is 10.6. The first-order chi connectivity index (χ1) is 6.63. The minimum Gasteiger partial charge on any atom is -0.308 e. The summed E-state index contributed by atoms with van der Waals surface area (Å²) in [4.78, 5) is 4.81. The van der Waals surface area contributed by atoms with Gasteiger partial charge in [-0.1, -0.05) is 12.2 Å². The van der Waals surface area contributed by atoms with Gasteiger partial charge in [-0.2, -0.15) is 12.6 Å². The van der Waals surface area contributed by atoms with Crippen LogP contribution in [0.4, 0.5) is 0 Å². The molecule has 0 aromatic rings. The molecule has 0 radical (unpaired) electrons. The Bertz CT molecular complexity index is 192. The summed E-state index contributed by atoms with van der Waals surface area (Å²) < 4.78 is 0. The molecule has 0 N–H and O–H groups in total. The highest BCUT2D eigenvalue weighted by atomic mass is 32.1. The molecule has 1 rings (SSSR count). The maximum absolute atomic E-state index is 4.25. The number of hydrogen-bond acceptors (Lipinski definition) is 3. The van der Waals surface area contributed by atoms with Crippen molar-refractivity contribution in [2.75, 3.05) is 39.5 Å². The van der Waals surface area contributed by atoms with E-state index in [9.17, 15) is 0 Å². The lowest BCUT2D eigenvalue weighted by Crippen LogP contribution is -2.38. The SMILES string of the molecule is C=C(CS)CN1CCCC1CN(C)C. The van der Waals surface area contributed by atoms with Crippen LogP contribution in [0.5, 0.6) is 0 Å². The molecule has 0 aliphatic carbocycles. The normalized spacial score (nSPS) is 23.3. The molecule has 0 saturated carbocycles. The van der Waals surface area contributed by atoms with Crippen LogP contribution in [0.15, 0.2) is 12.2 Å². The average Bonchev–Trinajstić information content (AvgIpc) is 2.52. The first kappa shape index (κ1) is 12.1. The van der Waals surface area contributed by atoms with Gasteiger partial charge in [-0.3, -0.25) is 4.90 Å². The quantitative estimate of drug-likeness (QED) is 0.547. The molecule has 0 spiro atoms. The summed E-state index contributed by atoms with van der Waals surface area (Å²) in [7, 11) is 4.29. The zero-order valence-electron chi connectivity index (χ0n) is 9.37. The maximum Gasteiger partial charge on any atom is 0.0226 e. The summed E-state index contributed by atoms with van der Waals surface area (Å²) in [6.45, 7) is 7.44. The molecule has 1 heterocycles. The standard InChI is InChI=1S/C11H22N2S/c1-10(9-14)7-13-6-4-5-11(13)8-12(2)3/h11,14H,1,4-9H2,2-3H3. The van der Waals surface area contributed by atoms with E-state index in [1.54, 1.807) is 0 Å². The monoisotopic (exact) mass is 214 g/mol. The number of thiol groups is 1. The van der Waals surface area contributed by atoms with Crippen molar-refractivity contribution in [2.45, 2.75) is 18.9 Å². The first-order valence-electron chi connectivity index (χ1n) is 5.29. The Balaban J connectivity index is 2.38. The van der Waals surface area contributed by atoms with Crippen molar-refractivity contribution in [2.24, 2.45) is 0 Å². The van der Waals surface area contributed by atoms with E-state index in [2.05, 4.69) is 43.1 Å². The molecule has 0 aromatic heterocycles. The second-order valence-corrected chi connectivity index (χ2v) is 4.75. The molecule has 14 heavy (non-hydrogen) atoms. The van der Waals surface area contributed by atoms with Crippen molar-refractivity contribution in [3.05, 3.63) is 12.2 Å². The molecule has 1 atom stereocenters. The van der Waals surface area contributed by atoms with Crippen molar-refractivity contribution >= 4 is 12.6 Å². The Morgan fingerprint density at radius 1 is 1.57 bits per heavy atom. The van der Waals surface area contributed by atoms with Gasteiger partial charge in [0.2, 0.25) is 0 Å². The summed E-state index contributed by atoms with van der Waals surface area (Å²) in [5.41, 5.74) is 1.24. The Labute approximate surface area is 93.4 Å². The minimum absolute atomic E-state index is 0.724. The molecule has 0 amide bonds. The van der Waals surface area contributed by atoms with Crippen LogP contribution in [-0.2, 0) is 0 Å². The van der Waals surface area contributed by atoms with Crippen LogP contribution in [0.25, 0.3) is 0 Å². The van der Waals surface area contributed by atoms with Gasteiger partial charge in [0.25, 0.3) is 0 Å². The van der Waals surface area contributed by atoms with Crippen molar-refractivity contribution < 1.29 is 0 Å². The van der Waals surface area contributed by atoms with Gasteiger partial charge < -0.3 is 4.90 Å². The summed E-state index contributed by atoms with van der Waals surface area (Å²) in [6.07, 6.45) is 2.66. The van der Waals surface area contributed by atoms with Gasteiger partial charge in [0.15, 0.2) is 0 Å². The molecule has 1 unspecified atom stereocenters. The Morgan fingerprint density at radius 2 is 2.29 bits per heavy atom. The predicted octanol–water partition coefficient (Wildman–Crippen LogP) is 1.50. The Hall–Kier alpha value is 0.01000. The minimum atomic E-state index is 0.724. The molecule has 2 nitrogen and oxygen atoms in total. The lowest BCUT2D eigenvalue weighted by Gasteiger charge is -2.27. The Morgan fingerprint density at radius 3 is 2.86 bits per heavy atom. The molecular weight excluding hydrogens is 192 g/mol. The fourth-order valence-electron chi connectivity index (χ4n) is 2.07. The van der Waals surface area contributed by atoms with Crippen LogP contribution in [0.1, 0.15) is 12.8 Å². The number of likely N-dealkylation sites (N-methyl/N-ethyl adjacent to an activating group) is 1. The van der Waals surface area contributed by atoms with Gasteiger partial charge in [-0.25, -0.2) is 0 Å². The maximum atomic E-state index is 4.25. The third-order valence-electron chi connectivity index (χ3n) is 2.73. The van der Waals surface area contributed by atoms with E-state index in [1.807, 2.05) is 0 Å². The van der Waals surface area contributed by atoms with E-state index in [-0.39, 0.29) is 0 Å². The molecule has 1 aliphatic rings. The molecule has 82 valence electrons. The first-order valence-corrected chi connectivity index (χ1v) is 5.93. The highest BCUT2D eigenvalue weighted by Crippen LogP contribution is 2.18. The largest absolute Gasteiger partial charge is 0.308 e. The summed E-state index contributed by atoms with van der Waals surface area (Å²) >= 11 is 4.25. The number of nitrogens with zero attached hydrogens (tertiary/aromatic N) is 2. The van der Waals surface area contributed by atoms with Crippen molar-refractivity contribution in [1.29, 1.82) is 0 Å². The third kappa shape index (κ3) is 3.64. The molecule has 1 aliphatic heterocycles. The molecule has 0 bridgehead atoms. The van der Waals surface area contributed by atoms with Gasteiger partial charge >= 0.3 is 0 Å². The lowest BCUT2D eigenvalue weighted by molar-refractivity contribution is 0.222. The second kappa shape index (κ2) is 5.79. The summed E-state index contributed by atoms with van der Waals surface area (Å²) in [5, 5.41) is 0. The van der Waals surface area contributed by atoms with E-state index in [4.69, 9.17) is 0 Å². The highest BCUT2D eigenvalue weighted by molar-refractivity contribution is 7.80. The van der Waals surface area contributed by atoms with Gasteiger partial charge in [-0.15, -0.1) is 0 Å². The van der Waals surface area contributed by atoms with E-state index in [0.717, 1.165) is 18.3 Å². The second-order valence-electron chi connectivity index (χ2n) is 4.44. The number of rotatable bonds is 5. The molecule has 0 aromatic carbocycles. The fourth-order valence-corrected chi connectivity index (χ4v) is 2.17. The molecule has 1 fully saturated rings. The number of hydrogen-bond donors (Lipinski definition) is 1. The van der Waals surface area contributed by atoms with Crippen LogP contribution in [0.2, 0.25) is 0 Å². The smallest absolute Gasteiger partial charge is 0.0226 e.